The van der Waals surface area contributed by atoms with Crippen LogP contribution in [0.4, 0.5) is 0 Å². The van der Waals surface area contributed by atoms with Crippen LogP contribution in [0.15, 0.2) is 0 Å². The van der Waals surface area contributed by atoms with Crippen molar-refractivity contribution in [3.8, 4) is 0 Å². The van der Waals surface area contributed by atoms with Crippen LogP contribution in [0.5, 0.6) is 0 Å². The van der Waals surface area contributed by atoms with Crippen LogP contribution in [0.1, 0.15) is 40.5 Å². The lowest BCUT2D eigenvalue weighted by Crippen LogP contribution is -2.37. The van der Waals surface area contributed by atoms with Crippen LogP contribution in [0, 0.1) is 11.3 Å². The topological polar surface area (TPSA) is 20.3 Å². The van der Waals surface area contributed by atoms with Crippen molar-refractivity contribution < 1.29 is 4.79 Å². The Balaban J connectivity index is 4.22. The van der Waals surface area contributed by atoms with Gasteiger partial charge < -0.3 is 9.69 Å². The fourth-order valence-electron chi connectivity index (χ4n) is 1.90. The summed E-state index contributed by atoms with van der Waals surface area (Å²) in [4.78, 5) is 13.4. The van der Waals surface area contributed by atoms with Gasteiger partial charge in [0.1, 0.15) is 6.29 Å². The highest BCUT2D eigenvalue weighted by Gasteiger charge is 2.27. The van der Waals surface area contributed by atoms with Gasteiger partial charge in [0.05, 0.1) is 0 Å². The highest BCUT2D eigenvalue weighted by Crippen LogP contribution is 2.24. The van der Waals surface area contributed by atoms with Gasteiger partial charge in [-0.05, 0) is 25.8 Å². The van der Waals surface area contributed by atoms with Crippen molar-refractivity contribution in [2.24, 2.45) is 11.3 Å². The average molecular weight is 199 g/mol. The highest BCUT2D eigenvalue weighted by atomic mass is 16.1. The second kappa shape index (κ2) is 6.18. The van der Waals surface area contributed by atoms with Gasteiger partial charge in [0, 0.05) is 18.5 Å². The number of rotatable bonds is 7. The molecule has 0 aromatic heterocycles. The van der Waals surface area contributed by atoms with Gasteiger partial charge in [-0.2, -0.15) is 0 Å². The molecule has 0 N–H and O–H groups in total. The van der Waals surface area contributed by atoms with Crippen molar-refractivity contribution >= 4 is 6.29 Å². The zero-order chi connectivity index (χ0) is 11.2. The van der Waals surface area contributed by atoms with E-state index >= 15 is 0 Å². The molecular formula is C12H25NO. The summed E-state index contributed by atoms with van der Waals surface area (Å²) in [7, 11) is 2.10. The van der Waals surface area contributed by atoms with Crippen molar-refractivity contribution in [3.63, 3.8) is 0 Å². The van der Waals surface area contributed by atoms with Gasteiger partial charge in [-0.3, -0.25) is 0 Å². The Hall–Kier alpha value is -0.370. The predicted molar refractivity (Wildman–Crippen MR) is 61.4 cm³/mol. The van der Waals surface area contributed by atoms with Gasteiger partial charge in [0.25, 0.3) is 0 Å². The minimum absolute atomic E-state index is 0.121. The Kier molecular flexibility index (Phi) is 6.01. The average Bonchev–Trinajstić information content (AvgIpc) is 2.13. The SMILES string of the molecule is CCC(C=O)(CC)CN(C)CC(C)C. The number of hydrogen-bond donors (Lipinski definition) is 0. The number of carbonyl (C=O) groups is 1. The maximum absolute atomic E-state index is 11.1. The van der Waals surface area contributed by atoms with Crippen LogP contribution < -0.4 is 0 Å². The van der Waals surface area contributed by atoms with E-state index in [9.17, 15) is 4.79 Å². The molecule has 0 unspecified atom stereocenters. The Labute approximate surface area is 88.7 Å². The van der Waals surface area contributed by atoms with Crippen LogP contribution >= 0.6 is 0 Å². The van der Waals surface area contributed by atoms with E-state index in [1.54, 1.807) is 0 Å². The smallest absolute Gasteiger partial charge is 0.127 e. The van der Waals surface area contributed by atoms with E-state index in [1.165, 1.54) is 0 Å². The molecule has 2 nitrogen and oxygen atoms in total. The molecule has 0 aliphatic rings. The molecule has 0 fully saturated rings. The first-order valence-corrected chi connectivity index (χ1v) is 5.64. The molecule has 0 spiro atoms. The summed E-state index contributed by atoms with van der Waals surface area (Å²) in [5.74, 6) is 0.665. The molecule has 0 radical (unpaired) electrons. The minimum atomic E-state index is -0.121. The number of aldehydes is 1. The maximum Gasteiger partial charge on any atom is 0.127 e. The van der Waals surface area contributed by atoms with E-state index in [0.717, 1.165) is 32.2 Å². The lowest BCUT2D eigenvalue weighted by molar-refractivity contribution is -0.117. The van der Waals surface area contributed by atoms with Gasteiger partial charge >= 0.3 is 0 Å². The van der Waals surface area contributed by atoms with Gasteiger partial charge in [-0.15, -0.1) is 0 Å². The molecule has 14 heavy (non-hydrogen) atoms. The molecule has 2 heteroatoms. The highest BCUT2D eigenvalue weighted by molar-refractivity contribution is 5.59. The van der Waals surface area contributed by atoms with Crippen LogP contribution in [0.25, 0.3) is 0 Å². The zero-order valence-corrected chi connectivity index (χ0v) is 10.3. The normalized spacial score (nSPS) is 12.5. The first kappa shape index (κ1) is 13.6. The lowest BCUT2D eigenvalue weighted by atomic mass is 9.83. The van der Waals surface area contributed by atoms with Gasteiger partial charge in [-0.25, -0.2) is 0 Å². The molecule has 0 rings (SSSR count). The predicted octanol–water partition coefficient (Wildman–Crippen LogP) is 2.58. The van der Waals surface area contributed by atoms with E-state index in [0.29, 0.717) is 5.92 Å². The summed E-state index contributed by atoms with van der Waals surface area (Å²) in [5.41, 5.74) is -0.121. The third-order valence-corrected chi connectivity index (χ3v) is 2.92. The van der Waals surface area contributed by atoms with Crippen molar-refractivity contribution in [1.82, 2.24) is 4.90 Å². The minimum Gasteiger partial charge on any atom is -0.305 e. The molecule has 0 saturated heterocycles. The number of carbonyl (C=O) groups excluding carboxylic acids is 1. The number of nitrogens with zero attached hydrogens (tertiary/aromatic N) is 1. The largest absolute Gasteiger partial charge is 0.305 e. The second-order valence-electron chi connectivity index (χ2n) is 4.78. The van der Waals surface area contributed by atoms with Gasteiger partial charge in [-0.1, -0.05) is 27.7 Å². The fourth-order valence-corrected chi connectivity index (χ4v) is 1.90. The van der Waals surface area contributed by atoms with E-state index < -0.39 is 0 Å². The van der Waals surface area contributed by atoms with E-state index in [-0.39, 0.29) is 5.41 Å². The third kappa shape index (κ3) is 4.23. The van der Waals surface area contributed by atoms with Gasteiger partial charge in [0.2, 0.25) is 0 Å². The van der Waals surface area contributed by atoms with Crippen LogP contribution in [0.2, 0.25) is 0 Å². The molecule has 0 atom stereocenters. The molecule has 0 aliphatic carbocycles. The zero-order valence-electron chi connectivity index (χ0n) is 10.3. The molecule has 0 aliphatic heterocycles. The first-order chi connectivity index (χ1) is 6.49. The van der Waals surface area contributed by atoms with E-state index in [2.05, 4.69) is 39.6 Å². The summed E-state index contributed by atoms with van der Waals surface area (Å²) in [6.07, 6.45) is 3.02. The number of hydrogen-bond acceptors (Lipinski definition) is 2. The van der Waals surface area contributed by atoms with Crippen molar-refractivity contribution in [3.05, 3.63) is 0 Å². The molecule has 0 saturated carbocycles. The third-order valence-electron chi connectivity index (χ3n) is 2.92. The molecular weight excluding hydrogens is 174 g/mol. The maximum atomic E-state index is 11.1. The fraction of sp³-hybridized carbons (Fsp3) is 0.917. The van der Waals surface area contributed by atoms with Crippen LogP contribution in [-0.2, 0) is 4.79 Å². The molecule has 0 aromatic rings. The summed E-state index contributed by atoms with van der Waals surface area (Å²) in [5, 5.41) is 0. The molecule has 0 heterocycles. The van der Waals surface area contributed by atoms with Gasteiger partial charge in [0.15, 0.2) is 0 Å². The monoisotopic (exact) mass is 199 g/mol. The lowest BCUT2D eigenvalue weighted by Gasteiger charge is -2.31. The Morgan fingerprint density at radius 3 is 2.07 bits per heavy atom. The molecule has 0 aromatic carbocycles. The summed E-state index contributed by atoms with van der Waals surface area (Å²) in [6.45, 7) is 10.6. The van der Waals surface area contributed by atoms with Crippen LogP contribution in [-0.4, -0.2) is 31.3 Å². The second-order valence-corrected chi connectivity index (χ2v) is 4.78. The van der Waals surface area contributed by atoms with E-state index in [1.807, 2.05) is 0 Å². The Morgan fingerprint density at radius 2 is 1.79 bits per heavy atom. The summed E-state index contributed by atoms with van der Waals surface area (Å²) < 4.78 is 0. The molecule has 0 bridgehead atoms. The van der Waals surface area contributed by atoms with Crippen LogP contribution in [0.3, 0.4) is 0 Å². The van der Waals surface area contributed by atoms with Crippen molar-refractivity contribution in [2.75, 3.05) is 20.1 Å². The first-order valence-electron chi connectivity index (χ1n) is 5.64. The Morgan fingerprint density at radius 1 is 1.29 bits per heavy atom. The molecule has 84 valence electrons. The summed E-state index contributed by atoms with van der Waals surface area (Å²) in [6, 6.07) is 0. The quantitative estimate of drug-likeness (QED) is 0.587. The Bertz CT molecular complexity index is 162. The molecule has 0 amide bonds. The van der Waals surface area contributed by atoms with Crippen molar-refractivity contribution in [1.29, 1.82) is 0 Å². The standard InChI is InChI=1S/C12H25NO/c1-6-12(7-2,10-14)9-13(5)8-11(3)4/h10-11H,6-9H2,1-5H3. The van der Waals surface area contributed by atoms with Crippen molar-refractivity contribution in [2.45, 2.75) is 40.5 Å². The van der Waals surface area contributed by atoms with E-state index in [4.69, 9.17) is 0 Å². The summed E-state index contributed by atoms with van der Waals surface area (Å²) >= 11 is 0.